The zero-order valence-electron chi connectivity index (χ0n) is 17.2. The number of carbonyl (C=O) groups is 3. The summed E-state index contributed by atoms with van der Waals surface area (Å²) in [4.78, 5) is 38.1. The van der Waals surface area contributed by atoms with Crippen molar-refractivity contribution in [2.45, 2.75) is 52.0 Å². The number of benzene rings is 1. The SMILES string of the molecule is CC1=C[C@H](O/C=C2/C(=O)[N+](S)(C(=O)OC(C)(C)C)C3c4ccccc4CC23)OC1=O. The number of rotatable bonds is 2. The number of nitrogens with zero attached hydrogens (tertiary/aromatic N) is 1. The summed E-state index contributed by atoms with van der Waals surface area (Å²) < 4.78 is 15.4. The van der Waals surface area contributed by atoms with Crippen molar-refractivity contribution >= 4 is 30.8 Å². The molecule has 8 heteroatoms. The lowest BCUT2D eigenvalue weighted by Crippen LogP contribution is -2.49. The molecule has 1 aromatic carbocycles. The van der Waals surface area contributed by atoms with Crippen LogP contribution in [0.2, 0.25) is 0 Å². The van der Waals surface area contributed by atoms with E-state index in [0.29, 0.717) is 17.6 Å². The van der Waals surface area contributed by atoms with E-state index in [0.717, 1.165) is 11.1 Å². The predicted molar refractivity (Wildman–Crippen MR) is 110 cm³/mol. The van der Waals surface area contributed by atoms with Crippen molar-refractivity contribution in [3.8, 4) is 0 Å². The molecule has 0 aromatic heterocycles. The number of carbonyl (C=O) groups excluding carboxylic acids is 3. The molecule has 1 saturated heterocycles. The fourth-order valence-electron chi connectivity index (χ4n) is 4.18. The average molecular weight is 431 g/mol. The lowest BCUT2D eigenvalue weighted by Gasteiger charge is -2.30. The van der Waals surface area contributed by atoms with Crippen LogP contribution in [0, 0.1) is 5.92 Å². The van der Waals surface area contributed by atoms with Gasteiger partial charge >= 0.3 is 18.0 Å². The zero-order chi connectivity index (χ0) is 21.8. The first kappa shape index (κ1) is 20.7. The van der Waals surface area contributed by atoms with Crippen LogP contribution in [0.3, 0.4) is 0 Å². The van der Waals surface area contributed by atoms with Crippen molar-refractivity contribution in [2.24, 2.45) is 5.92 Å². The number of ether oxygens (including phenoxy) is 3. The quantitative estimate of drug-likeness (QED) is 0.253. The van der Waals surface area contributed by atoms with Gasteiger partial charge in [-0.2, -0.15) is 4.79 Å². The maximum Gasteiger partial charge on any atom is 0.536 e. The molecule has 3 unspecified atom stereocenters. The van der Waals surface area contributed by atoms with Crippen molar-refractivity contribution < 1.29 is 32.5 Å². The first-order chi connectivity index (χ1) is 14.0. The summed E-state index contributed by atoms with van der Waals surface area (Å²) in [5.74, 6) is -1.26. The summed E-state index contributed by atoms with van der Waals surface area (Å²) in [7, 11) is 0. The van der Waals surface area contributed by atoms with Crippen molar-refractivity contribution in [2.75, 3.05) is 0 Å². The van der Waals surface area contributed by atoms with Crippen LogP contribution in [-0.2, 0) is 30.2 Å². The highest BCUT2D eigenvalue weighted by Gasteiger charge is 2.67. The first-order valence-corrected chi connectivity index (χ1v) is 10.1. The molecule has 1 fully saturated rings. The number of esters is 1. The summed E-state index contributed by atoms with van der Waals surface area (Å²) in [6, 6.07) is 7.17. The van der Waals surface area contributed by atoms with Crippen molar-refractivity contribution in [3.63, 3.8) is 0 Å². The van der Waals surface area contributed by atoms with Gasteiger partial charge in [0, 0.05) is 17.2 Å². The number of thiol groups is 1. The average Bonchev–Trinajstić information content (AvgIpc) is 3.25. The van der Waals surface area contributed by atoms with E-state index in [1.54, 1.807) is 27.7 Å². The van der Waals surface area contributed by atoms with Crippen LogP contribution in [0.4, 0.5) is 4.79 Å². The van der Waals surface area contributed by atoms with E-state index in [1.165, 1.54) is 12.3 Å². The van der Waals surface area contributed by atoms with E-state index < -0.39 is 39.8 Å². The number of likely N-dealkylation sites (tertiary alicyclic amines) is 1. The van der Waals surface area contributed by atoms with Crippen LogP contribution < -0.4 is 0 Å². The Kier molecular flexibility index (Phi) is 4.82. The van der Waals surface area contributed by atoms with Gasteiger partial charge in [-0.05, 0) is 39.7 Å². The van der Waals surface area contributed by atoms with Crippen LogP contribution in [0.15, 0.2) is 47.7 Å². The lowest BCUT2D eigenvalue weighted by molar-refractivity contribution is -0.667. The molecule has 4 rings (SSSR count). The normalized spacial score (nSPS) is 31.3. The maximum absolute atomic E-state index is 13.4. The molecule has 4 atom stereocenters. The number of imide groups is 1. The molecule has 2 amide bonds. The first-order valence-electron chi connectivity index (χ1n) is 9.75. The molecule has 7 nitrogen and oxygen atoms in total. The van der Waals surface area contributed by atoms with Crippen LogP contribution in [0.1, 0.15) is 44.9 Å². The van der Waals surface area contributed by atoms with Gasteiger partial charge in [-0.3, -0.25) is 0 Å². The monoisotopic (exact) mass is 430 g/mol. The molecule has 30 heavy (non-hydrogen) atoms. The van der Waals surface area contributed by atoms with Crippen molar-refractivity contribution in [3.05, 3.63) is 58.9 Å². The van der Waals surface area contributed by atoms with E-state index >= 15 is 0 Å². The Morgan fingerprint density at radius 2 is 1.97 bits per heavy atom. The Morgan fingerprint density at radius 1 is 1.27 bits per heavy atom. The third kappa shape index (κ3) is 3.24. The van der Waals surface area contributed by atoms with Gasteiger partial charge in [-0.1, -0.05) is 28.2 Å². The van der Waals surface area contributed by atoms with Gasteiger partial charge in [0.05, 0.1) is 18.7 Å². The smallest absolute Gasteiger partial charge is 0.458 e. The van der Waals surface area contributed by atoms with E-state index in [2.05, 4.69) is 12.8 Å². The highest BCUT2D eigenvalue weighted by Crippen LogP contribution is 2.55. The van der Waals surface area contributed by atoms with Gasteiger partial charge in [-0.25, -0.2) is 9.59 Å². The Hall–Kier alpha value is -2.58. The van der Waals surface area contributed by atoms with Gasteiger partial charge in [0.2, 0.25) is 0 Å². The second kappa shape index (κ2) is 6.99. The molecule has 1 aliphatic carbocycles. The number of hydrogen-bond acceptors (Lipinski definition) is 7. The molecule has 0 radical (unpaired) electrons. The lowest BCUT2D eigenvalue weighted by atomic mass is 9.97. The summed E-state index contributed by atoms with van der Waals surface area (Å²) in [6.07, 6.45) is 1.79. The Bertz CT molecular complexity index is 1010. The summed E-state index contributed by atoms with van der Waals surface area (Å²) in [5, 5.41) is 0. The number of quaternary nitrogens is 1. The van der Waals surface area contributed by atoms with E-state index in [4.69, 9.17) is 14.2 Å². The molecule has 0 N–H and O–H groups in total. The second-order valence-electron chi connectivity index (χ2n) is 8.76. The van der Waals surface area contributed by atoms with Gasteiger partial charge in [-0.15, -0.1) is 0 Å². The van der Waals surface area contributed by atoms with Crippen LogP contribution in [0.25, 0.3) is 0 Å². The topological polar surface area (TPSA) is 78.9 Å². The molecule has 158 valence electrons. The minimum Gasteiger partial charge on any atom is -0.458 e. The Morgan fingerprint density at radius 3 is 2.60 bits per heavy atom. The highest BCUT2D eigenvalue weighted by molar-refractivity contribution is 7.75. The number of amides is 2. The van der Waals surface area contributed by atoms with E-state index in [1.807, 2.05) is 24.3 Å². The van der Waals surface area contributed by atoms with Gasteiger partial charge in [0.25, 0.3) is 6.29 Å². The zero-order valence-corrected chi connectivity index (χ0v) is 18.1. The van der Waals surface area contributed by atoms with Gasteiger partial charge in [0.1, 0.15) is 17.4 Å². The number of fused-ring (bicyclic) bond motifs is 3. The fourth-order valence-corrected chi connectivity index (χ4v) is 4.62. The Balaban J connectivity index is 1.72. The molecule has 0 spiro atoms. The van der Waals surface area contributed by atoms with Gasteiger partial charge < -0.3 is 14.2 Å². The third-order valence-electron chi connectivity index (χ3n) is 5.49. The molecular weight excluding hydrogens is 406 g/mol. The molecule has 1 aromatic rings. The number of cyclic esters (lactones) is 1. The van der Waals surface area contributed by atoms with Crippen LogP contribution >= 0.6 is 12.8 Å². The van der Waals surface area contributed by atoms with E-state index in [-0.39, 0.29) is 5.92 Å². The summed E-state index contributed by atoms with van der Waals surface area (Å²) >= 11 is 4.59. The predicted octanol–water partition coefficient (Wildman–Crippen LogP) is 3.77. The number of hydrogen-bond donors (Lipinski definition) is 1. The fraction of sp³-hybridized carbons (Fsp3) is 0.409. The molecule has 0 bridgehead atoms. The highest BCUT2D eigenvalue weighted by atomic mass is 32.1. The largest absolute Gasteiger partial charge is 0.536 e. The summed E-state index contributed by atoms with van der Waals surface area (Å²) in [6.45, 7) is 6.86. The van der Waals surface area contributed by atoms with E-state index in [9.17, 15) is 14.4 Å². The summed E-state index contributed by atoms with van der Waals surface area (Å²) in [5.41, 5.74) is 1.93. The van der Waals surface area contributed by atoms with Crippen molar-refractivity contribution in [1.29, 1.82) is 0 Å². The third-order valence-corrected chi connectivity index (χ3v) is 6.08. The van der Waals surface area contributed by atoms with Crippen LogP contribution in [0.5, 0.6) is 0 Å². The maximum atomic E-state index is 13.4. The minimum atomic E-state index is -0.899. The van der Waals surface area contributed by atoms with Crippen LogP contribution in [-0.4, -0.2) is 33.7 Å². The molecule has 2 heterocycles. The minimum absolute atomic E-state index is 0.304. The van der Waals surface area contributed by atoms with Crippen molar-refractivity contribution in [1.82, 2.24) is 0 Å². The molecular formula is C22H24NO6S+. The standard InChI is InChI=1S/C22H24NO6S/c1-12-9-17(28-20(12)25)27-11-16-15-10-13-7-5-6-8-14(13)18(15)23(30,19(16)24)21(26)29-22(2,3)4/h5-9,11,15,17-18,30H,10H2,1-4H3/q+1/b16-11+/t15?,17-,18?,23?/m1/s1. The second-order valence-corrected chi connectivity index (χ2v) is 9.39. The van der Waals surface area contributed by atoms with Gasteiger partial charge in [0.15, 0.2) is 6.04 Å². The molecule has 0 saturated carbocycles. The molecule has 3 aliphatic rings. The molecule has 2 aliphatic heterocycles. The Labute approximate surface area is 180 Å².